The fourth-order valence-corrected chi connectivity index (χ4v) is 1.07. The molecule has 0 heteroatoms. The van der Waals surface area contributed by atoms with Gasteiger partial charge in [-0.15, -0.1) is 5.92 Å². The second-order valence-electron chi connectivity index (χ2n) is 2.96. The van der Waals surface area contributed by atoms with Crippen molar-refractivity contribution in [1.29, 1.82) is 0 Å². The Morgan fingerprint density at radius 1 is 1.09 bits per heavy atom. The molecular weight excluding hydrogens is 132 g/mol. The molecule has 0 bridgehead atoms. The summed E-state index contributed by atoms with van der Waals surface area (Å²) in [6, 6.07) is 0. The van der Waals surface area contributed by atoms with Gasteiger partial charge in [0.25, 0.3) is 0 Å². The van der Waals surface area contributed by atoms with Gasteiger partial charge < -0.3 is 0 Å². The monoisotopic (exact) mass is 152 g/mol. The average Bonchev–Trinajstić information content (AvgIpc) is 2.03. The van der Waals surface area contributed by atoms with Gasteiger partial charge in [0.1, 0.15) is 0 Å². The predicted octanol–water partition coefficient (Wildman–Crippen LogP) is 3.62. The lowest BCUT2D eigenvalue weighted by molar-refractivity contribution is 0.581. The number of unbranched alkanes of at least 4 members (excludes halogenated alkanes) is 1. The summed E-state index contributed by atoms with van der Waals surface area (Å²) in [6.45, 7) is 6.63. The van der Waals surface area contributed by atoms with Crippen LogP contribution >= 0.6 is 0 Å². The van der Waals surface area contributed by atoms with Gasteiger partial charge in [-0.1, -0.05) is 33.1 Å². The van der Waals surface area contributed by atoms with Crippen LogP contribution in [0.1, 0.15) is 52.9 Å². The highest BCUT2D eigenvalue weighted by Gasteiger charge is 1.97. The molecule has 0 aromatic carbocycles. The van der Waals surface area contributed by atoms with Gasteiger partial charge in [-0.3, -0.25) is 0 Å². The molecular formula is C11H20. The minimum absolute atomic E-state index is 0.659. The Kier molecular flexibility index (Phi) is 7.36. The molecule has 0 spiro atoms. The van der Waals surface area contributed by atoms with E-state index in [0.29, 0.717) is 5.92 Å². The van der Waals surface area contributed by atoms with Gasteiger partial charge in [0, 0.05) is 12.3 Å². The first-order valence-corrected chi connectivity index (χ1v) is 4.83. The highest BCUT2D eigenvalue weighted by atomic mass is 14.0. The lowest BCUT2D eigenvalue weighted by Gasteiger charge is -2.03. The zero-order valence-electron chi connectivity index (χ0n) is 8.11. The zero-order chi connectivity index (χ0) is 8.53. The SMILES string of the molecule is CCCC#CC(CC)CCC. The van der Waals surface area contributed by atoms with E-state index in [1.165, 1.54) is 25.7 Å². The minimum Gasteiger partial charge on any atom is -0.103 e. The topological polar surface area (TPSA) is 0 Å². The van der Waals surface area contributed by atoms with Crippen LogP contribution in [0.4, 0.5) is 0 Å². The third-order valence-electron chi connectivity index (χ3n) is 1.81. The first-order chi connectivity index (χ1) is 5.35. The lowest BCUT2D eigenvalue weighted by atomic mass is 10.0. The van der Waals surface area contributed by atoms with Crippen molar-refractivity contribution < 1.29 is 0 Å². The molecule has 0 nitrogen and oxygen atoms in total. The lowest BCUT2D eigenvalue weighted by Crippen LogP contribution is -1.93. The summed E-state index contributed by atoms with van der Waals surface area (Å²) in [5.41, 5.74) is 0. The van der Waals surface area contributed by atoms with Crippen molar-refractivity contribution in [2.75, 3.05) is 0 Å². The standard InChI is InChI=1S/C11H20/c1-4-7-8-10-11(6-3)9-5-2/h11H,4-7,9H2,1-3H3. The van der Waals surface area contributed by atoms with Gasteiger partial charge in [-0.2, -0.15) is 0 Å². The molecule has 1 unspecified atom stereocenters. The summed E-state index contributed by atoms with van der Waals surface area (Å²) < 4.78 is 0. The van der Waals surface area contributed by atoms with Crippen LogP contribution in [0.25, 0.3) is 0 Å². The van der Waals surface area contributed by atoms with Gasteiger partial charge in [0.15, 0.2) is 0 Å². The van der Waals surface area contributed by atoms with Crippen molar-refractivity contribution in [3.8, 4) is 11.8 Å². The van der Waals surface area contributed by atoms with Crippen LogP contribution < -0.4 is 0 Å². The molecule has 64 valence electrons. The normalized spacial score (nSPS) is 11.9. The van der Waals surface area contributed by atoms with E-state index >= 15 is 0 Å². The number of hydrogen-bond acceptors (Lipinski definition) is 0. The molecule has 0 amide bonds. The van der Waals surface area contributed by atoms with Crippen LogP contribution in [0, 0.1) is 17.8 Å². The third-order valence-corrected chi connectivity index (χ3v) is 1.81. The molecule has 0 fully saturated rings. The van der Waals surface area contributed by atoms with Crippen molar-refractivity contribution >= 4 is 0 Å². The van der Waals surface area contributed by atoms with Gasteiger partial charge in [-0.25, -0.2) is 0 Å². The second kappa shape index (κ2) is 7.66. The van der Waals surface area contributed by atoms with E-state index in [-0.39, 0.29) is 0 Å². The molecule has 0 aliphatic carbocycles. The highest BCUT2D eigenvalue weighted by Crippen LogP contribution is 2.08. The largest absolute Gasteiger partial charge is 0.103 e. The van der Waals surface area contributed by atoms with Crippen molar-refractivity contribution in [2.24, 2.45) is 5.92 Å². The molecule has 0 aliphatic rings. The molecule has 0 saturated carbocycles. The van der Waals surface area contributed by atoms with Crippen LogP contribution in [-0.2, 0) is 0 Å². The Morgan fingerprint density at radius 2 is 1.82 bits per heavy atom. The zero-order valence-corrected chi connectivity index (χ0v) is 8.11. The smallest absolute Gasteiger partial charge is 0.0200 e. The van der Waals surface area contributed by atoms with E-state index < -0.39 is 0 Å². The summed E-state index contributed by atoms with van der Waals surface area (Å²) >= 11 is 0. The molecule has 0 radical (unpaired) electrons. The van der Waals surface area contributed by atoms with Gasteiger partial charge >= 0.3 is 0 Å². The summed E-state index contributed by atoms with van der Waals surface area (Å²) in [4.78, 5) is 0. The maximum absolute atomic E-state index is 3.32. The summed E-state index contributed by atoms with van der Waals surface area (Å²) in [5.74, 6) is 7.20. The molecule has 0 aromatic heterocycles. The summed E-state index contributed by atoms with van der Waals surface area (Å²) in [5, 5.41) is 0. The predicted molar refractivity (Wildman–Crippen MR) is 51.4 cm³/mol. The quantitative estimate of drug-likeness (QED) is 0.540. The molecule has 1 atom stereocenters. The Hall–Kier alpha value is -0.440. The molecule has 0 rings (SSSR count). The van der Waals surface area contributed by atoms with Crippen molar-refractivity contribution in [3.63, 3.8) is 0 Å². The third kappa shape index (κ3) is 5.98. The van der Waals surface area contributed by atoms with E-state index in [9.17, 15) is 0 Å². The van der Waals surface area contributed by atoms with Crippen LogP contribution in [0.15, 0.2) is 0 Å². The molecule has 0 heterocycles. The number of hydrogen-bond donors (Lipinski definition) is 0. The van der Waals surface area contributed by atoms with Crippen LogP contribution in [0.3, 0.4) is 0 Å². The summed E-state index contributed by atoms with van der Waals surface area (Å²) in [6.07, 6.45) is 6.01. The van der Waals surface area contributed by atoms with Gasteiger partial charge in [-0.05, 0) is 19.3 Å². The molecule has 0 aromatic rings. The molecule has 0 N–H and O–H groups in total. The summed E-state index contributed by atoms with van der Waals surface area (Å²) in [7, 11) is 0. The van der Waals surface area contributed by atoms with Crippen LogP contribution in [0.5, 0.6) is 0 Å². The number of rotatable bonds is 4. The highest BCUT2D eigenvalue weighted by molar-refractivity contribution is 5.02. The van der Waals surface area contributed by atoms with E-state index in [1.54, 1.807) is 0 Å². The van der Waals surface area contributed by atoms with E-state index in [0.717, 1.165) is 6.42 Å². The Balaban J connectivity index is 3.59. The second-order valence-corrected chi connectivity index (χ2v) is 2.96. The maximum atomic E-state index is 3.32. The van der Waals surface area contributed by atoms with Crippen molar-refractivity contribution in [1.82, 2.24) is 0 Å². The van der Waals surface area contributed by atoms with E-state index in [4.69, 9.17) is 0 Å². The van der Waals surface area contributed by atoms with Gasteiger partial charge in [0.05, 0.1) is 0 Å². The first kappa shape index (κ1) is 10.6. The fourth-order valence-electron chi connectivity index (χ4n) is 1.07. The maximum Gasteiger partial charge on any atom is 0.0200 e. The molecule has 0 aliphatic heterocycles. The van der Waals surface area contributed by atoms with E-state index in [1.807, 2.05) is 0 Å². The molecule has 0 saturated heterocycles. The van der Waals surface area contributed by atoms with E-state index in [2.05, 4.69) is 32.6 Å². The Morgan fingerprint density at radius 3 is 2.27 bits per heavy atom. The van der Waals surface area contributed by atoms with Crippen LogP contribution in [0.2, 0.25) is 0 Å². The average molecular weight is 152 g/mol. The van der Waals surface area contributed by atoms with Gasteiger partial charge in [0.2, 0.25) is 0 Å². The van der Waals surface area contributed by atoms with Crippen LogP contribution in [-0.4, -0.2) is 0 Å². The Labute approximate surface area is 71.4 Å². The minimum atomic E-state index is 0.659. The molecule has 11 heavy (non-hydrogen) atoms. The Bertz CT molecular complexity index is 125. The first-order valence-electron chi connectivity index (χ1n) is 4.83. The fraction of sp³-hybridized carbons (Fsp3) is 0.818. The van der Waals surface area contributed by atoms with Crippen molar-refractivity contribution in [2.45, 2.75) is 52.9 Å². The van der Waals surface area contributed by atoms with Crippen molar-refractivity contribution in [3.05, 3.63) is 0 Å².